The van der Waals surface area contributed by atoms with Crippen LogP contribution in [-0.2, 0) is 6.54 Å². The van der Waals surface area contributed by atoms with Crippen LogP contribution in [0.3, 0.4) is 0 Å². The summed E-state index contributed by atoms with van der Waals surface area (Å²) < 4.78 is 5.34. The molecule has 1 aromatic heterocycles. The van der Waals surface area contributed by atoms with Crippen molar-refractivity contribution in [2.75, 3.05) is 0 Å². The van der Waals surface area contributed by atoms with E-state index >= 15 is 0 Å². The quantitative estimate of drug-likeness (QED) is 0.888. The maximum Gasteiger partial charge on any atom is 0.335 e. The second-order valence-corrected chi connectivity index (χ2v) is 4.32. The Morgan fingerprint density at radius 3 is 2.60 bits per heavy atom. The Morgan fingerprint density at radius 2 is 2.00 bits per heavy atom. The molecule has 0 atom stereocenters. The molecule has 1 aromatic carbocycles. The third-order valence-electron chi connectivity index (χ3n) is 2.84. The Morgan fingerprint density at radius 1 is 1.30 bits per heavy atom. The molecule has 20 heavy (non-hydrogen) atoms. The highest BCUT2D eigenvalue weighted by Crippen LogP contribution is 2.09. The fraction of sp³-hybridized carbons (Fsp3) is 0.214. The minimum atomic E-state index is -1.07. The van der Waals surface area contributed by atoms with E-state index in [1.807, 2.05) is 6.92 Å². The van der Waals surface area contributed by atoms with Crippen molar-refractivity contribution in [1.29, 1.82) is 0 Å². The van der Waals surface area contributed by atoms with Crippen LogP contribution in [0.4, 0.5) is 0 Å². The van der Waals surface area contributed by atoms with Crippen LogP contribution in [0.15, 0.2) is 28.7 Å². The zero-order valence-electron chi connectivity index (χ0n) is 11.1. The van der Waals surface area contributed by atoms with E-state index < -0.39 is 5.97 Å². The Hall–Kier alpha value is -2.63. The molecule has 6 nitrogen and oxygen atoms in total. The predicted octanol–water partition coefficient (Wildman–Crippen LogP) is 1.92. The van der Waals surface area contributed by atoms with Gasteiger partial charge in [0.2, 0.25) is 5.89 Å². The largest absolute Gasteiger partial charge is 0.478 e. The lowest BCUT2D eigenvalue weighted by Crippen LogP contribution is -2.23. The highest BCUT2D eigenvalue weighted by Gasteiger charge is 2.11. The van der Waals surface area contributed by atoms with Crippen LogP contribution in [-0.4, -0.2) is 22.0 Å². The molecule has 0 aliphatic heterocycles. The van der Waals surface area contributed by atoms with E-state index in [1.54, 1.807) is 13.0 Å². The number of nitrogens with one attached hydrogen (secondary N) is 1. The van der Waals surface area contributed by atoms with Gasteiger partial charge in [0.25, 0.3) is 5.91 Å². The molecule has 0 radical (unpaired) electrons. The van der Waals surface area contributed by atoms with E-state index in [9.17, 15) is 9.59 Å². The summed E-state index contributed by atoms with van der Waals surface area (Å²) >= 11 is 0. The fourth-order valence-corrected chi connectivity index (χ4v) is 1.67. The number of aryl methyl sites for hydroxylation is 2. The van der Waals surface area contributed by atoms with Gasteiger partial charge in [0, 0.05) is 5.56 Å². The van der Waals surface area contributed by atoms with Gasteiger partial charge in [-0.15, -0.1) is 0 Å². The van der Waals surface area contributed by atoms with E-state index in [1.165, 1.54) is 18.2 Å². The lowest BCUT2D eigenvalue weighted by molar-refractivity contribution is 0.0697. The number of carbonyl (C=O) groups excluding carboxylic acids is 1. The SMILES string of the molecule is Cc1nc(CNC(=O)c2cccc(C(=O)O)c2)oc1C. The zero-order chi connectivity index (χ0) is 14.7. The van der Waals surface area contributed by atoms with Gasteiger partial charge in [-0.3, -0.25) is 4.79 Å². The molecule has 104 valence electrons. The predicted molar refractivity (Wildman–Crippen MR) is 70.5 cm³/mol. The number of hydrogen-bond acceptors (Lipinski definition) is 4. The van der Waals surface area contributed by atoms with Crippen LogP contribution in [0.2, 0.25) is 0 Å². The van der Waals surface area contributed by atoms with Crippen LogP contribution in [0.1, 0.15) is 38.1 Å². The number of aromatic nitrogens is 1. The lowest BCUT2D eigenvalue weighted by Gasteiger charge is -2.03. The summed E-state index contributed by atoms with van der Waals surface area (Å²) in [5, 5.41) is 11.5. The van der Waals surface area contributed by atoms with E-state index in [0.717, 1.165) is 5.69 Å². The van der Waals surface area contributed by atoms with Gasteiger partial charge in [-0.1, -0.05) is 6.07 Å². The van der Waals surface area contributed by atoms with E-state index in [-0.39, 0.29) is 23.6 Å². The lowest BCUT2D eigenvalue weighted by atomic mass is 10.1. The van der Waals surface area contributed by atoms with E-state index in [4.69, 9.17) is 9.52 Å². The Labute approximate surface area is 115 Å². The summed E-state index contributed by atoms with van der Waals surface area (Å²) in [5.41, 5.74) is 1.13. The molecular formula is C14H14N2O4. The summed E-state index contributed by atoms with van der Waals surface area (Å²) in [7, 11) is 0. The van der Waals surface area contributed by atoms with Gasteiger partial charge < -0.3 is 14.8 Å². The highest BCUT2D eigenvalue weighted by molar-refractivity contribution is 5.97. The van der Waals surface area contributed by atoms with Crippen LogP contribution >= 0.6 is 0 Å². The van der Waals surface area contributed by atoms with Crippen LogP contribution in [0.25, 0.3) is 0 Å². The molecule has 2 rings (SSSR count). The molecule has 0 aliphatic rings. The van der Waals surface area contributed by atoms with Crippen molar-refractivity contribution in [2.24, 2.45) is 0 Å². The minimum absolute atomic E-state index is 0.0699. The number of benzene rings is 1. The summed E-state index contributed by atoms with van der Waals surface area (Å²) in [6, 6.07) is 5.83. The van der Waals surface area contributed by atoms with Gasteiger partial charge >= 0.3 is 5.97 Å². The Kier molecular flexibility index (Phi) is 3.84. The van der Waals surface area contributed by atoms with Gasteiger partial charge in [0.05, 0.1) is 17.8 Å². The monoisotopic (exact) mass is 274 g/mol. The third kappa shape index (κ3) is 3.03. The topological polar surface area (TPSA) is 92.4 Å². The number of hydrogen-bond donors (Lipinski definition) is 2. The van der Waals surface area contributed by atoms with Crippen LogP contribution in [0, 0.1) is 13.8 Å². The van der Waals surface area contributed by atoms with Crippen molar-refractivity contribution in [1.82, 2.24) is 10.3 Å². The second-order valence-electron chi connectivity index (χ2n) is 4.32. The van der Waals surface area contributed by atoms with Crippen molar-refractivity contribution in [3.8, 4) is 0 Å². The van der Waals surface area contributed by atoms with E-state index in [0.29, 0.717) is 11.7 Å². The van der Waals surface area contributed by atoms with Crippen LogP contribution in [0.5, 0.6) is 0 Å². The smallest absolute Gasteiger partial charge is 0.335 e. The molecule has 0 spiro atoms. The number of carbonyl (C=O) groups is 2. The number of carboxylic acid groups (broad SMARTS) is 1. The van der Waals surface area contributed by atoms with Crippen molar-refractivity contribution in [2.45, 2.75) is 20.4 Å². The molecule has 0 aliphatic carbocycles. The maximum absolute atomic E-state index is 11.9. The van der Waals surface area contributed by atoms with E-state index in [2.05, 4.69) is 10.3 Å². The summed E-state index contributed by atoms with van der Waals surface area (Å²) in [5.74, 6) is -0.315. The molecule has 2 N–H and O–H groups in total. The summed E-state index contributed by atoms with van der Waals surface area (Å²) in [6.45, 7) is 3.77. The summed E-state index contributed by atoms with van der Waals surface area (Å²) in [4.78, 5) is 26.9. The first-order chi connectivity index (χ1) is 9.47. The number of nitrogens with zero attached hydrogens (tertiary/aromatic N) is 1. The van der Waals surface area contributed by atoms with Crippen molar-refractivity contribution >= 4 is 11.9 Å². The van der Waals surface area contributed by atoms with Crippen molar-refractivity contribution in [3.05, 3.63) is 52.7 Å². The average Bonchev–Trinajstić information content (AvgIpc) is 2.75. The van der Waals surface area contributed by atoms with Crippen molar-refractivity contribution in [3.63, 3.8) is 0 Å². The Balaban J connectivity index is 2.05. The number of carboxylic acids is 1. The molecule has 0 saturated carbocycles. The summed E-state index contributed by atoms with van der Waals surface area (Å²) in [6.07, 6.45) is 0. The zero-order valence-corrected chi connectivity index (χ0v) is 11.1. The minimum Gasteiger partial charge on any atom is -0.478 e. The molecule has 0 fully saturated rings. The average molecular weight is 274 g/mol. The molecule has 6 heteroatoms. The maximum atomic E-state index is 11.9. The second kappa shape index (κ2) is 5.56. The molecule has 1 amide bonds. The number of oxazole rings is 1. The normalized spacial score (nSPS) is 10.3. The highest BCUT2D eigenvalue weighted by atomic mass is 16.4. The fourth-order valence-electron chi connectivity index (χ4n) is 1.67. The van der Waals surface area contributed by atoms with Gasteiger partial charge in [-0.2, -0.15) is 0 Å². The molecule has 1 heterocycles. The molecule has 0 unspecified atom stereocenters. The number of amides is 1. The first-order valence-electron chi connectivity index (χ1n) is 6.02. The molecule has 0 saturated heterocycles. The third-order valence-corrected chi connectivity index (χ3v) is 2.84. The van der Waals surface area contributed by atoms with Crippen molar-refractivity contribution < 1.29 is 19.1 Å². The first-order valence-corrected chi connectivity index (χ1v) is 6.02. The van der Waals surface area contributed by atoms with Gasteiger partial charge in [-0.25, -0.2) is 9.78 Å². The van der Waals surface area contributed by atoms with Crippen LogP contribution < -0.4 is 5.32 Å². The standard InChI is InChI=1S/C14H14N2O4/c1-8-9(2)20-12(16-8)7-15-13(17)10-4-3-5-11(6-10)14(18)19/h3-6H,7H2,1-2H3,(H,15,17)(H,18,19). The Bertz CT molecular complexity index is 641. The van der Waals surface area contributed by atoms with Gasteiger partial charge in [0.15, 0.2) is 0 Å². The molecule has 2 aromatic rings. The first kappa shape index (κ1) is 13.8. The van der Waals surface area contributed by atoms with Gasteiger partial charge in [0.1, 0.15) is 5.76 Å². The number of rotatable bonds is 4. The molecular weight excluding hydrogens is 260 g/mol. The van der Waals surface area contributed by atoms with Gasteiger partial charge in [-0.05, 0) is 32.0 Å². The molecule has 0 bridgehead atoms. The number of aromatic carboxylic acids is 1.